The lowest BCUT2D eigenvalue weighted by Crippen LogP contribution is -2.60. The maximum absolute atomic E-state index is 14.3. The fraction of sp³-hybridized carbons (Fsp3) is 0.745. The lowest BCUT2D eigenvalue weighted by molar-refractivity contribution is -0.264. The van der Waals surface area contributed by atoms with Crippen molar-refractivity contribution in [2.75, 3.05) is 20.8 Å². The number of hydrogen-bond donors (Lipinski definition) is 3. The normalized spacial score (nSPS) is 40.9. The molecule has 0 radical (unpaired) electrons. The zero-order valence-corrected chi connectivity index (χ0v) is 40.2. The summed E-state index contributed by atoms with van der Waals surface area (Å²) in [6, 6.07) is -1.12. The zero-order valence-electron chi connectivity index (χ0n) is 40.2. The predicted octanol–water partition coefficient (Wildman–Crippen LogP) is 6.80. The van der Waals surface area contributed by atoms with Crippen molar-refractivity contribution >= 4 is 29.2 Å². The number of aliphatic hydroxyl groups excluding tert-OH is 2. The van der Waals surface area contributed by atoms with Crippen LogP contribution in [0.5, 0.6) is 0 Å². The molecule has 1 amide bonds. The number of Topliss-reactive ketones (excluding diaryl/α,β-unsaturated/α-hetero) is 3. The lowest BCUT2D eigenvalue weighted by atomic mass is 9.78. The van der Waals surface area contributed by atoms with Crippen molar-refractivity contribution in [2.45, 2.75) is 181 Å². The molecule has 3 N–H and O–H groups in total. The van der Waals surface area contributed by atoms with Crippen LogP contribution in [0.25, 0.3) is 0 Å². The van der Waals surface area contributed by atoms with Crippen molar-refractivity contribution in [3.63, 3.8) is 0 Å². The summed E-state index contributed by atoms with van der Waals surface area (Å²) in [6.45, 7) is 15.0. The van der Waals surface area contributed by atoms with Gasteiger partial charge in [0.1, 0.15) is 30.1 Å². The molecule has 2 saturated heterocycles. The number of piperidine rings is 1. The quantitative estimate of drug-likeness (QED) is 0.149. The Kier molecular flexibility index (Phi) is 20.4. The molecule has 3 aliphatic heterocycles. The predicted molar refractivity (Wildman–Crippen MR) is 244 cm³/mol. The number of rotatable bonds is 5. The van der Waals surface area contributed by atoms with E-state index < -0.39 is 77.8 Å². The number of nitrogens with zero attached hydrogens (tertiary/aromatic N) is 1. The van der Waals surface area contributed by atoms with Crippen LogP contribution < -0.4 is 0 Å². The fourth-order valence-corrected chi connectivity index (χ4v) is 10.0. The summed E-state index contributed by atoms with van der Waals surface area (Å²) < 4.78 is 23.6. The molecule has 0 aromatic carbocycles. The second-order valence-corrected chi connectivity index (χ2v) is 19.8. The van der Waals surface area contributed by atoms with E-state index in [0.29, 0.717) is 63.4 Å². The number of ketones is 3. The summed E-state index contributed by atoms with van der Waals surface area (Å²) in [7, 11) is 2.95. The summed E-state index contributed by atoms with van der Waals surface area (Å²) in [5.41, 5.74) is 1.46. The standard InChI is InChI=1S/C51H79NO12/c1-30-16-12-11-13-17-31(2)32(3)27-39-21-19-37(8)51(60,64-39)48(57)49(58)52-23-15-14-18-40(52)50(59)63-43(34(5)26-38-20-22-41(53)44(28-38)61-9)29-42(54)33(4)25-36(7)46(56)47(62-10)45(55)35(6)24-30/h11-13,16-17,25,30,32-35,37-41,43-44,46-47,53,56,60H,14-15,18-24,26-29H2,1-10H3/b13-11+,16-12+,31-17-,36-25+/t30-,32+,33-,34?,35-,37-,38-,39+,40+,41-,43+,44-,46-,47+,51-/m1/s1. The highest BCUT2D eigenvalue weighted by atomic mass is 16.6. The van der Waals surface area contributed by atoms with Crippen LogP contribution in [0.3, 0.4) is 0 Å². The summed E-state index contributed by atoms with van der Waals surface area (Å²) in [6.07, 6.45) is 12.5. The Bertz CT molecular complexity index is 1740. The third kappa shape index (κ3) is 13.9. The van der Waals surface area contributed by atoms with Gasteiger partial charge in [0, 0.05) is 44.9 Å². The SMILES string of the molecule is CO[C@@H]1C[C@@H](CC(C)[C@@H]2CC(=O)[C@H](C)/C=C(\C)[C@@H](O)[C@@H](OC)C(=O)[C@H](C)C[C@H](C)/C=C/C=C/C=C(/C)[C@@H](C)C[C@@H]3CC[C@@H](C)[C@@](O)(O3)C(=O)C(=O)N3CCCC[C@H]3C(=O)O2)CC[C@H]1O. The van der Waals surface area contributed by atoms with E-state index in [-0.39, 0.29) is 60.7 Å². The van der Waals surface area contributed by atoms with Gasteiger partial charge in [0.25, 0.3) is 11.7 Å². The van der Waals surface area contributed by atoms with Crippen LogP contribution in [0.4, 0.5) is 0 Å². The van der Waals surface area contributed by atoms with Gasteiger partial charge >= 0.3 is 5.97 Å². The van der Waals surface area contributed by atoms with Gasteiger partial charge in [-0.1, -0.05) is 83.6 Å². The smallest absolute Gasteiger partial charge is 0.329 e. The number of ether oxygens (including phenoxy) is 4. The van der Waals surface area contributed by atoms with Crippen molar-refractivity contribution in [3.05, 3.63) is 47.6 Å². The van der Waals surface area contributed by atoms with E-state index in [0.717, 1.165) is 12.0 Å². The van der Waals surface area contributed by atoms with Gasteiger partial charge in [0.05, 0.1) is 18.3 Å². The van der Waals surface area contributed by atoms with E-state index >= 15 is 0 Å². The topological polar surface area (TPSA) is 186 Å². The van der Waals surface area contributed by atoms with Crippen molar-refractivity contribution in [2.24, 2.45) is 41.4 Å². The molecule has 360 valence electrons. The zero-order chi connectivity index (χ0) is 47.5. The van der Waals surface area contributed by atoms with Gasteiger partial charge in [-0.15, -0.1) is 0 Å². The summed E-state index contributed by atoms with van der Waals surface area (Å²) in [5.74, 6) is -7.66. The van der Waals surface area contributed by atoms with Crippen LogP contribution in [-0.4, -0.2) is 119 Å². The molecule has 13 heteroatoms. The average Bonchev–Trinajstić information content (AvgIpc) is 3.26. The third-order valence-corrected chi connectivity index (χ3v) is 14.6. The maximum Gasteiger partial charge on any atom is 0.329 e. The van der Waals surface area contributed by atoms with Crippen LogP contribution in [0.2, 0.25) is 0 Å². The van der Waals surface area contributed by atoms with Crippen molar-refractivity contribution in [3.8, 4) is 0 Å². The Morgan fingerprint density at radius 3 is 2.25 bits per heavy atom. The van der Waals surface area contributed by atoms with Gasteiger partial charge in [-0.3, -0.25) is 19.2 Å². The lowest BCUT2D eigenvalue weighted by Gasteiger charge is -2.42. The van der Waals surface area contributed by atoms with Crippen LogP contribution in [0, 0.1) is 41.4 Å². The Labute approximate surface area is 382 Å². The molecular weight excluding hydrogens is 819 g/mol. The molecule has 2 bridgehead atoms. The Morgan fingerprint density at radius 2 is 1.56 bits per heavy atom. The van der Waals surface area contributed by atoms with E-state index in [1.165, 1.54) is 12.0 Å². The van der Waals surface area contributed by atoms with Gasteiger partial charge in [0.15, 0.2) is 5.78 Å². The van der Waals surface area contributed by atoms with E-state index in [1.807, 2.05) is 65.0 Å². The molecule has 0 spiro atoms. The number of allylic oxidation sites excluding steroid dienone is 7. The highest BCUT2D eigenvalue weighted by Gasteiger charge is 2.53. The minimum Gasteiger partial charge on any atom is -0.460 e. The molecule has 4 aliphatic rings. The van der Waals surface area contributed by atoms with E-state index in [1.54, 1.807) is 34.0 Å². The second kappa shape index (κ2) is 24.4. The van der Waals surface area contributed by atoms with Crippen LogP contribution in [0.15, 0.2) is 47.6 Å². The highest BCUT2D eigenvalue weighted by molar-refractivity contribution is 6.39. The van der Waals surface area contributed by atoms with Crippen LogP contribution in [0.1, 0.15) is 132 Å². The molecule has 1 unspecified atom stereocenters. The van der Waals surface area contributed by atoms with Gasteiger partial charge in [-0.2, -0.15) is 0 Å². The Morgan fingerprint density at radius 1 is 0.844 bits per heavy atom. The molecule has 3 fully saturated rings. The first-order valence-corrected chi connectivity index (χ1v) is 23.9. The van der Waals surface area contributed by atoms with Crippen LogP contribution >= 0.6 is 0 Å². The van der Waals surface area contributed by atoms with Crippen molar-refractivity contribution in [1.29, 1.82) is 0 Å². The summed E-state index contributed by atoms with van der Waals surface area (Å²) in [5, 5.41) is 33.8. The molecule has 15 atom stereocenters. The summed E-state index contributed by atoms with van der Waals surface area (Å²) in [4.78, 5) is 71.7. The van der Waals surface area contributed by atoms with Gasteiger partial charge < -0.3 is 39.2 Å². The molecule has 1 aliphatic carbocycles. The van der Waals surface area contributed by atoms with E-state index in [9.17, 15) is 39.3 Å². The van der Waals surface area contributed by atoms with Crippen LogP contribution in [-0.2, 0) is 42.9 Å². The average molecular weight is 898 g/mol. The number of hydrogen-bond acceptors (Lipinski definition) is 12. The first-order valence-electron chi connectivity index (χ1n) is 23.9. The van der Waals surface area contributed by atoms with E-state index in [4.69, 9.17) is 18.9 Å². The van der Waals surface area contributed by atoms with Gasteiger partial charge in [0.2, 0.25) is 5.79 Å². The number of carbonyl (C=O) groups is 5. The second-order valence-electron chi connectivity index (χ2n) is 19.8. The molecule has 1 saturated carbocycles. The number of amides is 1. The molecule has 3 heterocycles. The van der Waals surface area contributed by atoms with Gasteiger partial charge in [-0.05, 0) is 114 Å². The Hall–Kier alpha value is -3.33. The largest absolute Gasteiger partial charge is 0.460 e. The molecule has 13 nitrogen and oxygen atoms in total. The Balaban J connectivity index is 1.69. The molecule has 0 aromatic rings. The minimum absolute atomic E-state index is 0.0315. The van der Waals surface area contributed by atoms with Crippen molar-refractivity contribution < 1.29 is 58.2 Å². The summed E-state index contributed by atoms with van der Waals surface area (Å²) >= 11 is 0. The highest BCUT2D eigenvalue weighted by Crippen LogP contribution is 2.38. The number of cyclic esters (lactones) is 1. The molecule has 4 rings (SSSR count). The van der Waals surface area contributed by atoms with E-state index in [2.05, 4.69) is 0 Å². The number of fused-ring (bicyclic) bond motifs is 3. The number of carbonyl (C=O) groups excluding carboxylic acids is 5. The van der Waals surface area contributed by atoms with Gasteiger partial charge in [-0.25, -0.2) is 4.79 Å². The number of methoxy groups -OCH3 is 2. The monoisotopic (exact) mass is 898 g/mol. The molecule has 64 heavy (non-hydrogen) atoms. The minimum atomic E-state index is -2.37. The first kappa shape index (κ1) is 53.3. The number of esters is 1. The van der Waals surface area contributed by atoms with Crippen molar-refractivity contribution in [1.82, 2.24) is 4.90 Å². The maximum atomic E-state index is 14.3. The molecular formula is C51H79NO12. The number of aliphatic hydroxyl groups is 3. The fourth-order valence-electron chi connectivity index (χ4n) is 10.0. The third-order valence-electron chi connectivity index (χ3n) is 14.6. The molecule has 0 aromatic heterocycles. The first-order chi connectivity index (χ1) is 30.2.